The Morgan fingerprint density at radius 3 is 2.54 bits per heavy atom. The molecule has 2 fully saturated rings. The van der Waals surface area contributed by atoms with Crippen molar-refractivity contribution in [2.75, 3.05) is 18.0 Å². The molecule has 0 radical (unpaired) electrons. The van der Waals surface area contributed by atoms with Crippen molar-refractivity contribution in [3.8, 4) is 17.0 Å². The van der Waals surface area contributed by atoms with Gasteiger partial charge >= 0.3 is 6.09 Å². The Bertz CT molecular complexity index is 1680. The fourth-order valence-corrected chi connectivity index (χ4v) is 5.45. The highest BCUT2D eigenvalue weighted by atomic mass is 16.6. The molecule has 0 atom stereocenters. The first kappa shape index (κ1) is 23.6. The number of fused-ring (bicyclic) bond motifs is 2. The van der Waals surface area contributed by atoms with E-state index in [2.05, 4.69) is 62.3 Å². The summed E-state index contributed by atoms with van der Waals surface area (Å²) in [5.41, 5.74) is 4.23. The number of pyridine rings is 1. The van der Waals surface area contributed by atoms with E-state index in [-0.39, 0.29) is 12.1 Å². The first-order chi connectivity index (χ1) is 19.2. The highest BCUT2D eigenvalue weighted by molar-refractivity contribution is 5.93. The molecular formula is C32H29N5O2. The van der Waals surface area contributed by atoms with Gasteiger partial charge in [0.25, 0.3) is 0 Å². The number of carbonyl (C=O) groups is 1. The Labute approximate surface area is 227 Å². The molecule has 2 aromatic heterocycles. The molecule has 1 aliphatic carbocycles. The number of aromatic nitrogens is 3. The summed E-state index contributed by atoms with van der Waals surface area (Å²) in [6.45, 7) is 2.56. The second kappa shape index (κ2) is 9.98. The largest absolute Gasteiger partial charge is 0.417 e. The van der Waals surface area contributed by atoms with Crippen molar-refractivity contribution in [3.63, 3.8) is 0 Å². The van der Waals surface area contributed by atoms with Crippen molar-refractivity contribution in [2.24, 2.45) is 0 Å². The van der Waals surface area contributed by atoms with Gasteiger partial charge in [0, 0.05) is 48.7 Å². The average molecular weight is 516 g/mol. The van der Waals surface area contributed by atoms with Crippen molar-refractivity contribution >= 4 is 33.6 Å². The molecule has 1 saturated carbocycles. The smallest absolute Gasteiger partial charge is 0.391 e. The molecule has 1 saturated heterocycles. The van der Waals surface area contributed by atoms with Gasteiger partial charge in [0.15, 0.2) is 0 Å². The zero-order valence-corrected chi connectivity index (χ0v) is 21.7. The number of hydrogen-bond acceptors (Lipinski definition) is 6. The van der Waals surface area contributed by atoms with Crippen molar-refractivity contribution in [1.82, 2.24) is 19.9 Å². The van der Waals surface area contributed by atoms with Crippen LogP contribution in [0.25, 0.3) is 32.8 Å². The summed E-state index contributed by atoms with van der Waals surface area (Å²) in [7, 11) is 0. The number of anilines is 1. The lowest BCUT2D eigenvalue weighted by atomic mass is 10.0. The number of hydrogen-bond donors (Lipinski definition) is 0. The molecule has 39 heavy (non-hydrogen) atoms. The topological polar surface area (TPSA) is 71.5 Å². The van der Waals surface area contributed by atoms with E-state index in [9.17, 15) is 4.79 Å². The third kappa shape index (κ3) is 4.88. The summed E-state index contributed by atoms with van der Waals surface area (Å²) in [6.07, 6.45) is 7.42. The first-order valence-corrected chi connectivity index (χ1v) is 13.6. The van der Waals surface area contributed by atoms with E-state index < -0.39 is 0 Å². The van der Waals surface area contributed by atoms with Crippen LogP contribution < -0.4 is 9.64 Å². The number of nitrogens with zero attached hydrogens (tertiary/aromatic N) is 5. The standard InChI is InChI=1S/C32H29N5O2/c38-32(39-30-18-24-7-1-2-8-26(24)19-33-30)37(27-11-12-27)20-22-6-5-9-23(16-22)25-10-13-29-28(17-25)31(35-21-34-29)36-14-3-4-15-36/h1-2,5-10,13,16-19,21,27H,3-4,11-12,14-15,20H2. The van der Waals surface area contributed by atoms with E-state index in [0.29, 0.717) is 12.4 Å². The Hall–Kier alpha value is -4.52. The summed E-state index contributed by atoms with van der Waals surface area (Å²) in [5.74, 6) is 1.34. The molecule has 7 nitrogen and oxygen atoms in total. The van der Waals surface area contributed by atoms with E-state index in [4.69, 9.17) is 4.74 Å². The molecule has 3 heterocycles. The van der Waals surface area contributed by atoms with Gasteiger partial charge in [-0.05, 0) is 66.0 Å². The number of ether oxygens (including phenoxy) is 1. The van der Waals surface area contributed by atoms with Crippen molar-refractivity contribution in [2.45, 2.75) is 38.3 Å². The molecule has 7 heteroatoms. The van der Waals surface area contributed by atoms with Crippen molar-refractivity contribution in [1.29, 1.82) is 0 Å². The van der Waals surface area contributed by atoms with Crippen LogP contribution in [0, 0.1) is 0 Å². The third-order valence-electron chi connectivity index (χ3n) is 7.65. The fourth-order valence-electron chi connectivity index (χ4n) is 5.45. The average Bonchev–Trinajstić information content (AvgIpc) is 3.67. The van der Waals surface area contributed by atoms with Crippen molar-refractivity contribution in [3.05, 3.63) is 90.9 Å². The van der Waals surface area contributed by atoms with Crippen LogP contribution in [0.3, 0.4) is 0 Å². The van der Waals surface area contributed by atoms with Gasteiger partial charge in [-0.15, -0.1) is 0 Å². The Morgan fingerprint density at radius 2 is 1.69 bits per heavy atom. The molecule has 7 rings (SSSR count). The molecule has 194 valence electrons. The minimum Gasteiger partial charge on any atom is -0.391 e. The van der Waals surface area contributed by atoms with Gasteiger partial charge in [0.2, 0.25) is 5.88 Å². The lowest BCUT2D eigenvalue weighted by Crippen LogP contribution is -2.35. The maximum atomic E-state index is 13.2. The minimum atomic E-state index is -0.358. The van der Waals surface area contributed by atoms with Crippen LogP contribution in [0.4, 0.5) is 10.6 Å². The van der Waals surface area contributed by atoms with Crippen LogP contribution in [0.2, 0.25) is 0 Å². The molecule has 3 aromatic carbocycles. The molecular weight excluding hydrogens is 486 g/mol. The molecule has 0 bridgehead atoms. The Kier molecular flexibility index (Phi) is 6.04. The second-order valence-electron chi connectivity index (χ2n) is 10.4. The predicted octanol–water partition coefficient (Wildman–Crippen LogP) is 6.61. The molecule has 5 aromatic rings. The van der Waals surface area contributed by atoms with E-state index in [1.165, 1.54) is 12.8 Å². The maximum Gasteiger partial charge on any atom is 0.417 e. The van der Waals surface area contributed by atoms with Crippen LogP contribution in [0.1, 0.15) is 31.2 Å². The summed E-state index contributed by atoms with van der Waals surface area (Å²) in [4.78, 5) is 30.9. The predicted molar refractivity (Wildman–Crippen MR) is 153 cm³/mol. The molecule has 0 N–H and O–H groups in total. The van der Waals surface area contributed by atoms with Crippen LogP contribution in [0.5, 0.6) is 5.88 Å². The van der Waals surface area contributed by atoms with Crippen LogP contribution in [-0.4, -0.2) is 45.1 Å². The minimum absolute atomic E-state index is 0.197. The van der Waals surface area contributed by atoms with Gasteiger partial charge in [-0.3, -0.25) is 0 Å². The summed E-state index contributed by atoms with van der Waals surface area (Å²) >= 11 is 0. The Balaban J connectivity index is 1.13. The molecule has 1 aliphatic heterocycles. The third-order valence-corrected chi connectivity index (χ3v) is 7.65. The first-order valence-electron chi connectivity index (χ1n) is 13.6. The number of rotatable bonds is 6. The van der Waals surface area contributed by atoms with Crippen LogP contribution >= 0.6 is 0 Å². The van der Waals surface area contributed by atoms with Gasteiger partial charge in [0.1, 0.15) is 12.1 Å². The van der Waals surface area contributed by atoms with E-state index in [1.807, 2.05) is 35.2 Å². The van der Waals surface area contributed by atoms with Crippen LogP contribution in [-0.2, 0) is 6.54 Å². The number of benzene rings is 3. The molecule has 0 spiro atoms. The lowest BCUT2D eigenvalue weighted by molar-refractivity contribution is 0.144. The normalized spacial score (nSPS) is 15.1. The highest BCUT2D eigenvalue weighted by Gasteiger charge is 2.34. The maximum absolute atomic E-state index is 13.2. The molecule has 1 amide bonds. The van der Waals surface area contributed by atoms with Gasteiger partial charge in [-0.1, -0.05) is 48.5 Å². The quantitative estimate of drug-likeness (QED) is 0.253. The monoisotopic (exact) mass is 515 g/mol. The number of amides is 1. The summed E-state index contributed by atoms with van der Waals surface area (Å²) in [6, 6.07) is 24.7. The van der Waals surface area contributed by atoms with Crippen molar-refractivity contribution < 1.29 is 9.53 Å². The van der Waals surface area contributed by atoms with Gasteiger partial charge in [-0.2, -0.15) is 0 Å². The van der Waals surface area contributed by atoms with Gasteiger partial charge in [0.05, 0.1) is 5.52 Å². The fraction of sp³-hybridized carbons (Fsp3) is 0.250. The lowest BCUT2D eigenvalue weighted by Gasteiger charge is -2.22. The van der Waals surface area contributed by atoms with E-state index in [1.54, 1.807) is 12.5 Å². The summed E-state index contributed by atoms with van der Waals surface area (Å²) < 4.78 is 5.74. The SMILES string of the molecule is O=C(Oc1cc2ccccc2cn1)N(Cc1cccc(-c2ccc3ncnc(N4CCCC4)c3c2)c1)C1CC1. The van der Waals surface area contributed by atoms with Gasteiger partial charge in [-0.25, -0.2) is 19.7 Å². The zero-order valence-electron chi connectivity index (χ0n) is 21.7. The molecule has 0 unspecified atom stereocenters. The Morgan fingerprint density at radius 1 is 0.872 bits per heavy atom. The summed E-state index contributed by atoms with van der Waals surface area (Å²) in [5, 5.41) is 3.09. The number of carbonyl (C=O) groups excluding carboxylic acids is 1. The second-order valence-corrected chi connectivity index (χ2v) is 10.4. The van der Waals surface area contributed by atoms with Gasteiger partial charge < -0.3 is 14.5 Å². The highest BCUT2D eigenvalue weighted by Crippen LogP contribution is 2.33. The molecule has 2 aliphatic rings. The van der Waals surface area contributed by atoms with Crippen LogP contribution in [0.15, 0.2) is 85.3 Å². The van der Waals surface area contributed by atoms with E-state index in [0.717, 1.165) is 70.1 Å². The zero-order chi connectivity index (χ0) is 26.2. The van der Waals surface area contributed by atoms with E-state index >= 15 is 0 Å².